The number of aryl methyl sites for hydroxylation is 1. The fourth-order valence-electron chi connectivity index (χ4n) is 4.55. The third-order valence-corrected chi connectivity index (χ3v) is 6.08. The number of hydrogen-bond donors (Lipinski definition) is 2. The van der Waals surface area contributed by atoms with Gasteiger partial charge >= 0.3 is 5.97 Å². The van der Waals surface area contributed by atoms with Crippen LogP contribution in [-0.4, -0.2) is 61.1 Å². The minimum absolute atomic E-state index is 0.0899. The summed E-state index contributed by atoms with van der Waals surface area (Å²) in [5.74, 6) is -3.76. The van der Waals surface area contributed by atoms with Crippen LogP contribution in [0.2, 0.25) is 0 Å². The third kappa shape index (κ3) is 6.07. The molecule has 1 heterocycles. The van der Waals surface area contributed by atoms with Crippen molar-refractivity contribution in [3.05, 3.63) is 59.2 Å². The van der Waals surface area contributed by atoms with E-state index in [1.165, 1.54) is 17.0 Å². The number of rotatable bonds is 4. The summed E-state index contributed by atoms with van der Waals surface area (Å²) in [6.07, 6.45) is 1.89. The maximum atomic E-state index is 14.1. The van der Waals surface area contributed by atoms with Crippen LogP contribution in [0.3, 0.4) is 0 Å². The van der Waals surface area contributed by atoms with E-state index in [4.69, 9.17) is 5.11 Å². The molecule has 196 valence electrons. The molecule has 2 fully saturated rings. The standard InChI is InChI=1S/C14H10F2.C9H12N2O4.C2H6O.C2H6/c1-9-6-7-13-11(8-9)10-4-2-3-5-12(10)14(13,15)16;12-4-10-3-8(13)11-6-1-5(6)2-7(11)9(14)15;1-3-2;1-2/h2-8H,1H3;4-7H,1-3H2,(H,10,12)(H,14,15);1-2H3;1-2H3. The Labute approximate surface area is 210 Å². The molecule has 2 aliphatic carbocycles. The Morgan fingerprint density at radius 2 is 1.72 bits per heavy atom. The number of carboxylic acids is 1. The van der Waals surface area contributed by atoms with E-state index in [1.54, 1.807) is 38.5 Å². The predicted octanol–water partition coefficient (Wildman–Crippen LogP) is 4.21. The van der Waals surface area contributed by atoms with E-state index in [0.29, 0.717) is 29.9 Å². The lowest BCUT2D eigenvalue weighted by Gasteiger charge is -2.24. The lowest BCUT2D eigenvalue weighted by Crippen LogP contribution is -2.46. The van der Waals surface area contributed by atoms with Crippen molar-refractivity contribution >= 4 is 18.3 Å². The molecule has 0 radical (unpaired) electrons. The van der Waals surface area contributed by atoms with Gasteiger partial charge < -0.3 is 20.1 Å². The van der Waals surface area contributed by atoms with Gasteiger partial charge in [0, 0.05) is 31.4 Å². The Hall–Kier alpha value is -3.33. The molecule has 1 saturated heterocycles. The summed E-state index contributed by atoms with van der Waals surface area (Å²) in [6.45, 7) is 5.80. The highest BCUT2D eigenvalue weighted by molar-refractivity contribution is 5.87. The van der Waals surface area contributed by atoms with Crippen molar-refractivity contribution in [1.29, 1.82) is 0 Å². The van der Waals surface area contributed by atoms with Gasteiger partial charge in [0.25, 0.3) is 5.92 Å². The van der Waals surface area contributed by atoms with Crippen LogP contribution in [0.25, 0.3) is 11.1 Å². The molecule has 2 aromatic rings. The number of likely N-dealkylation sites (tertiary alicyclic amines) is 1. The molecule has 2 aromatic carbocycles. The van der Waals surface area contributed by atoms with Gasteiger partial charge in [-0.3, -0.25) is 9.59 Å². The topological polar surface area (TPSA) is 95.9 Å². The molecule has 2 amide bonds. The molecule has 0 aromatic heterocycles. The molecule has 36 heavy (non-hydrogen) atoms. The summed E-state index contributed by atoms with van der Waals surface area (Å²) >= 11 is 0. The van der Waals surface area contributed by atoms with Crippen molar-refractivity contribution in [2.45, 2.75) is 51.6 Å². The first kappa shape index (κ1) is 28.9. The molecule has 3 aliphatic rings. The highest BCUT2D eigenvalue weighted by atomic mass is 19.3. The molecular weight excluding hydrogens is 470 g/mol. The number of carboxylic acid groups (broad SMARTS) is 1. The molecule has 3 unspecified atom stereocenters. The number of ether oxygens (including phenoxy) is 1. The Balaban J connectivity index is 0.000000216. The normalized spacial score (nSPS) is 21.0. The maximum Gasteiger partial charge on any atom is 0.326 e. The van der Waals surface area contributed by atoms with Gasteiger partial charge in [-0.2, -0.15) is 8.78 Å². The van der Waals surface area contributed by atoms with Crippen molar-refractivity contribution in [2.75, 3.05) is 20.8 Å². The fourth-order valence-corrected chi connectivity index (χ4v) is 4.55. The number of carbonyl (C=O) groups excluding carboxylic acids is 2. The molecule has 9 heteroatoms. The number of nitrogens with zero attached hydrogens (tertiary/aromatic N) is 1. The minimum Gasteiger partial charge on any atom is -0.480 e. The Kier molecular flexibility index (Phi) is 10.1. The van der Waals surface area contributed by atoms with E-state index >= 15 is 0 Å². The first-order valence-corrected chi connectivity index (χ1v) is 11.9. The number of methoxy groups -OCH3 is 1. The average molecular weight is 505 g/mol. The number of benzene rings is 2. The molecule has 2 N–H and O–H groups in total. The zero-order valence-electron chi connectivity index (χ0n) is 21.3. The van der Waals surface area contributed by atoms with Gasteiger partial charge in [0.1, 0.15) is 6.04 Å². The number of nitrogens with one attached hydrogen (secondary N) is 1. The zero-order chi connectivity index (χ0) is 27.0. The number of fused-ring (bicyclic) bond motifs is 4. The van der Waals surface area contributed by atoms with Crippen molar-refractivity contribution < 1.29 is 33.0 Å². The maximum absolute atomic E-state index is 14.1. The SMILES string of the molecule is CC.COC.Cc1ccc2c(c1)-c1ccccc1C2(F)F.O=CNCC(=O)N1C(C(=O)O)CC2CC21. The molecule has 1 aliphatic heterocycles. The number of aliphatic carboxylic acids is 1. The lowest BCUT2D eigenvalue weighted by molar-refractivity contribution is -0.149. The van der Waals surface area contributed by atoms with Gasteiger partial charge in [-0.1, -0.05) is 61.9 Å². The molecule has 1 saturated carbocycles. The van der Waals surface area contributed by atoms with E-state index < -0.39 is 17.9 Å². The predicted molar refractivity (Wildman–Crippen MR) is 133 cm³/mol. The molecule has 5 rings (SSSR count). The molecular formula is C27H34F2N2O5. The van der Waals surface area contributed by atoms with Gasteiger partial charge in [-0.25, -0.2) is 4.79 Å². The van der Waals surface area contributed by atoms with E-state index in [9.17, 15) is 23.2 Å². The Bertz CT molecular complexity index is 1080. The second-order valence-corrected chi connectivity index (χ2v) is 8.53. The minimum atomic E-state index is -2.85. The number of carbonyl (C=O) groups is 3. The van der Waals surface area contributed by atoms with E-state index in [2.05, 4.69) is 10.1 Å². The van der Waals surface area contributed by atoms with Crippen LogP contribution in [-0.2, 0) is 25.0 Å². The van der Waals surface area contributed by atoms with E-state index in [-0.39, 0.29) is 29.6 Å². The Morgan fingerprint density at radius 3 is 2.33 bits per heavy atom. The summed E-state index contributed by atoms with van der Waals surface area (Å²) in [6, 6.07) is 11.2. The van der Waals surface area contributed by atoms with E-state index in [0.717, 1.165) is 12.0 Å². The number of alkyl halides is 2. The smallest absolute Gasteiger partial charge is 0.326 e. The van der Waals surface area contributed by atoms with Gasteiger partial charge in [-0.15, -0.1) is 0 Å². The lowest BCUT2D eigenvalue weighted by atomic mass is 10.0. The van der Waals surface area contributed by atoms with Gasteiger partial charge in [0.05, 0.1) is 6.54 Å². The quantitative estimate of drug-likeness (QED) is 0.608. The number of amides is 2. The monoisotopic (exact) mass is 504 g/mol. The summed E-state index contributed by atoms with van der Waals surface area (Å²) in [5, 5.41) is 11.2. The van der Waals surface area contributed by atoms with Crippen LogP contribution < -0.4 is 5.32 Å². The van der Waals surface area contributed by atoms with Gasteiger partial charge in [0.2, 0.25) is 12.3 Å². The van der Waals surface area contributed by atoms with Crippen molar-refractivity contribution in [2.24, 2.45) is 5.92 Å². The number of halogens is 2. The van der Waals surface area contributed by atoms with Crippen LogP contribution in [0.15, 0.2) is 42.5 Å². The van der Waals surface area contributed by atoms with Crippen LogP contribution in [0, 0.1) is 12.8 Å². The number of piperidine rings is 1. The summed E-state index contributed by atoms with van der Waals surface area (Å²) < 4.78 is 32.4. The first-order valence-electron chi connectivity index (χ1n) is 11.9. The van der Waals surface area contributed by atoms with Gasteiger partial charge in [-0.05, 0) is 36.8 Å². The molecule has 3 atom stereocenters. The average Bonchev–Trinajstić information content (AvgIpc) is 3.46. The first-order chi connectivity index (χ1) is 17.2. The number of hydrogen-bond acceptors (Lipinski definition) is 4. The zero-order valence-corrected chi connectivity index (χ0v) is 21.3. The van der Waals surface area contributed by atoms with Gasteiger partial charge in [0.15, 0.2) is 0 Å². The van der Waals surface area contributed by atoms with Crippen LogP contribution in [0.1, 0.15) is 43.4 Å². The fraction of sp³-hybridized carbons (Fsp3) is 0.444. The van der Waals surface area contributed by atoms with E-state index in [1.807, 2.05) is 26.8 Å². The summed E-state index contributed by atoms with van der Waals surface area (Å²) in [7, 11) is 3.25. The second kappa shape index (κ2) is 12.6. The molecule has 7 nitrogen and oxygen atoms in total. The van der Waals surface area contributed by atoms with Crippen LogP contribution in [0.5, 0.6) is 0 Å². The third-order valence-electron chi connectivity index (χ3n) is 6.08. The molecule has 0 spiro atoms. The van der Waals surface area contributed by atoms with Crippen LogP contribution >= 0.6 is 0 Å². The van der Waals surface area contributed by atoms with Crippen LogP contribution in [0.4, 0.5) is 8.78 Å². The second-order valence-electron chi connectivity index (χ2n) is 8.53. The largest absolute Gasteiger partial charge is 0.480 e. The highest BCUT2D eigenvalue weighted by Crippen LogP contribution is 2.51. The van der Waals surface area contributed by atoms with Crippen molar-refractivity contribution in [3.8, 4) is 11.1 Å². The summed E-state index contributed by atoms with van der Waals surface area (Å²) in [4.78, 5) is 33.9. The van der Waals surface area contributed by atoms with Crippen molar-refractivity contribution in [1.82, 2.24) is 10.2 Å². The Morgan fingerprint density at radius 1 is 1.11 bits per heavy atom. The molecule has 0 bridgehead atoms. The highest BCUT2D eigenvalue weighted by Gasteiger charge is 2.56. The van der Waals surface area contributed by atoms with Crippen molar-refractivity contribution in [3.63, 3.8) is 0 Å². The summed E-state index contributed by atoms with van der Waals surface area (Å²) in [5.41, 5.74) is 2.58.